The van der Waals surface area contributed by atoms with Crippen molar-refractivity contribution in [3.8, 4) is 23.0 Å². The van der Waals surface area contributed by atoms with Crippen molar-refractivity contribution in [3.05, 3.63) is 48.5 Å². The smallest absolute Gasteiger partial charge is 0.157 e. The van der Waals surface area contributed by atoms with Crippen LogP contribution in [0.4, 0.5) is 0 Å². The zero-order valence-electron chi connectivity index (χ0n) is 14.4. The first-order chi connectivity index (χ1) is 12.5. The van der Waals surface area contributed by atoms with Crippen LogP contribution in [0.1, 0.15) is 0 Å². The molecule has 0 aliphatic carbocycles. The fourth-order valence-corrected chi connectivity index (χ4v) is 1.41. The van der Waals surface area contributed by atoms with Crippen LogP contribution in [0, 0.1) is 0 Å². The van der Waals surface area contributed by atoms with E-state index in [4.69, 9.17) is 40.1 Å². The van der Waals surface area contributed by atoms with Gasteiger partial charge >= 0.3 is 0 Å². The van der Waals surface area contributed by atoms with Crippen LogP contribution in [0.3, 0.4) is 0 Å². The standard InChI is InChI=1S/C6H14O4.2C6H6O2/c7-1-3-9-5-6-10-4-2-8;7-5-2-1-3-6(8)4-5;7-5-3-1-2-4-6(5)8/h7-8H,1-6H2;2*1-4,7-8H. The quantitative estimate of drug-likeness (QED) is 0.316. The summed E-state index contributed by atoms with van der Waals surface area (Å²) in [6.07, 6.45) is 0. The van der Waals surface area contributed by atoms with Crippen molar-refractivity contribution in [1.29, 1.82) is 0 Å². The van der Waals surface area contributed by atoms with Crippen LogP contribution in [0.2, 0.25) is 0 Å². The average molecular weight is 370 g/mol. The summed E-state index contributed by atoms with van der Waals surface area (Å²) in [5, 5.41) is 51.2. The molecule has 0 aromatic heterocycles. The maximum absolute atomic E-state index is 8.67. The SMILES string of the molecule is OCCOCCOCCO.Oc1cccc(O)c1.Oc1ccccc1O. The highest BCUT2D eigenvalue weighted by Crippen LogP contribution is 2.21. The van der Waals surface area contributed by atoms with Gasteiger partial charge in [0, 0.05) is 6.07 Å². The number of phenols is 4. The molecule has 0 fully saturated rings. The minimum Gasteiger partial charge on any atom is -0.508 e. The Morgan fingerprint density at radius 2 is 1.00 bits per heavy atom. The van der Waals surface area contributed by atoms with E-state index in [9.17, 15) is 0 Å². The summed E-state index contributed by atoms with van der Waals surface area (Å²) in [5.74, 6) is 0.0231. The molecule has 26 heavy (non-hydrogen) atoms. The molecule has 0 unspecified atom stereocenters. The molecule has 8 nitrogen and oxygen atoms in total. The molecule has 0 radical (unpaired) electrons. The number of hydrogen-bond acceptors (Lipinski definition) is 8. The molecule has 0 heterocycles. The number of rotatable bonds is 7. The van der Waals surface area contributed by atoms with Crippen LogP contribution in [0.15, 0.2) is 48.5 Å². The van der Waals surface area contributed by atoms with E-state index in [0.717, 1.165) is 0 Å². The molecule has 2 aromatic rings. The van der Waals surface area contributed by atoms with Crippen LogP contribution in [-0.2, 0) is 9.47 Å². The predicted molar refractivity (Wildman–Crippen MR) is 95.4 cm³/mol. The van der Waals surface area contributed by atoms with Gasteiger partial charge in [-0.05, 0) is 24.3 Å². The average Bonchev–Trinajstić information content (AvgIpc) is 2.62. The van der Waals surface area contributed by atoms with Crippen molar-refractivity contribution < 1.29 is 40.1 Å². The van der Waals surface area contributed by atoms with Crippen LogP contribution < -0.4 is 0 Å². The topological polar surface area (TPSA) is 140 Å². The largest absolute Gasteiger partial charge is 0.508 e. The second-order valence-electron chi connectivity index (χ2n) is 4.68. The van der Waals surface area contributed by atoms with Crippen molar-refractivity contribution in [2.24, 2.45) is 0 Å². The van der Waals surface area contributed by atoms with E-state index in [1.165, 1.54) is 30.3 Å². The first-order valence-corrected chi connectivity index (χ1v) is 7.83. The number of hydrogen-bond donors (Lipinski definition) is 6. The molecule has 146 valence electrons. The number of para-hydroxylation sites is 2. The van der Waals surface area contributed by atoms with Crippen LogP contribution in [0.5, 0.6) is 23.0 Å². The van der Waals surface area contributed by atoms with Crippen LogP contribution in [-0.4, -0.2) is 70.3 Å². The van der Waals surface area contributed by atoms with Crippen molar-refractivity contribution >= 4 is 0 Å². The van der Waals surface area contributed by atoms with E-state index in [1.807, 2.05) is 0 Å². The lowest BCUT2D eigenvalue weighted by Crippen LogP contribution is -2.09. The van der Waals surface area contributed by atoms with Crippen molar-refractivity contribution in [3.63, 3.8) is 0 Å². The lowest BCUT2D eigenvalue weighted by molar-refractivity contribution is 0.0222. The highest BCUT2D eigenvalue weighted by atomic mass is 16.5. The van der Waals surface area contributed by atoms with Crippen molar-refractivity contribution in [2.45, 2.75) is 0 Å². The summed E-state index contributed by atoms with van der Waals surface area (Å²) in [7, 11) is 0. The monoisotopic (exact) mass is 370 g/mol. The maximum Gasteiger partial charge on any atom is 0.157 e. The molecular formula is C18H26O8. The molecule has 0 aliphatic heterocycles. The lowest BCUT2D eigenvalue weighted by Gasteiger charge is -2.01. The number of aliphatic hydroxyl groups excluding tert-OH is 2. The Hall–Kier alpha value is -2.52. The van der Waals surface area contributed by atoms with Crippen LogP contribution >= 0.6 is 0 Å². The van der Waals surface area contributed by atoms with Gasteiger partial charge in [0.1, 0.15) is 11.5 Å². The minimum atomic E-state index is -0.0764. The normalized spacial score (nSPS) is 9.46. The van der Waals surface area contributed by atoms with E-state index in [1.54, 1.807) is 18.2 Å². The molecular weight excluding hydrogens is 344 g/mol. The first-order valence-electron chi connectivity index (χ1n) is 7.83. The van der Waals surface area contributed by atoms with Gasteiger partial charge in [0.25, 0.3) is 0 Å². The maximum atomic E-state index is 8.67. The Morgan fingerprint density at radius 1 is 0.577 bits per heavy atom. The molecule has 0 saturated carbocycles. The Balaban J connectivity index is 0.000000363. The van der Waals surface area contributed by atoms with Gasteiger partial charge in [-0.25, -0.2) is 0 Å². The summed E-state index contributed by atoms with van der Waals surface area (Å²) >= 11 is 0. The second-order valence-corrected chi connectivity index (χ2v) is 4.68. The molecule has 8 heteroatoms. The highest BCUT2D eigenvalue weighted by Gasteiger charge is 1.90. The fraction of sp³-hybridized carbons (Fsp3) is 0.333. The summed E-state index contributed by atoms with van der Waals surface area (Å²) < 4.78 is 9.75. The van der Waals surface area contributed by atoms with Gasteiger partial charge in [0.05, 0.1) is 39.6 Å². The second kappa shape index (κ2) is 16.0. The van der Waals surface area contributed by atoms with Gasteiger partial charge < -0.3 is 40.1 Å². The van der Waals surface area contributed by atoms with Crippen molar-refractivity contribution in [2.75, 3.05) is 39.6 Å². The molecule has 0 bridgehead atoms. The van der Waals surface area contributed by atoms with E-state index in [2.05, 4.69) is 0 Å². The van der Waals surface area contributed by atoms with Gasteiger partial charge in [-0.2, -0.15) is 0 Å². The summed E-state index contributed by atoms with van der Waals surface area (Å²) in [6.45, 7) is 1.73. The number of aromatic hydroxyl groups is 4. The molecule has 2 aromatic carbocycles. The van der Waals surface area contributed by atoms with Gasteiger partial charge in [-0.1, -0.05) is 18.2 Å². The zero-order valence-corrected chi connectivity index (χ0v) is 14.4. The third-order valence-corrected chi connectivity index (χ3v) is 2.55. The van der Waals surface area contributed by atoms with Crippen molar-refractivity contribution in [1.82, 2.24) is 0 Å². The van der Waals surface area contributed by atoms with Gasteiger partial charge in [0.2, 0.25) is 0 Å². The first kappa shape index (κ1) is 23.5. The number of aliphatic hydroxyl groups is 2. The molecule has 0 saturated heterocycles. The lowest BCUT2D eigenvalue weighted by atomic mass is 10.3. The fourth-order valence-electron chi connectivity index (χ4n) is 1.41. The summed E-state index contributed by atoms with van der Waals surface area (Å²) in [5.41, 5.74) is 0. The molecule has 0 spiro atoms. The summed E-state index contributed by atoms with van der Waals surface area (Å²) in [4.78, 5) is 0. The number of ether oxygens (including phenoxy) is 2. The highest BCUT2D eigenvalue weighted by molar-refractivity contribution is 5.36. The molecule has 0 amide bonds. The zero-order chi connectivity index (χ0) is 19.6. The molecule has 2 rings (SSSR count). The summed E-state index contributed by atoms with van der Waals surface area (Å²) in [6, 6.07) is 12.0. The predicted octanol–water partition coefficient (Wildman–Crippen LogP) is 1.20. The molecule has 6 N–H and O–H groups in total. The third-order valence-electron chi connectivity index (χ3n) is 2.55. The van der Waals surface area contributed by atoms with E-state index in [0.29, 0.717) is 26.4 Å². The van der Waals surface area contributed by atoms with Gasteiger partial charge in [-0.3, -0.25) is 0 Å². The van der Waals surface area contributed by atoms with E-state index < -0.39 is 0 Å². The molecule has 0 atom stereocenters. The van der Waals surface area contributed by atoms with E-state index >= 15 is 0 Å². The van der Waals surface area contributed by atoms with Gasteiger partial charge in [0.15, 0.2) is 11.5 Å². The number of phenolic OH excluding ortho intramolecular Hbond substituents is 4. The third kappa shape index (κ3) is 13.9. The Bertz CT molecular complexity index is 530. The Morgan fingerprint density at radius 3 is 1.27 bits per heavy atom. The Kier molecular flexibility index (Phi) is 14.4. The van der Waals surface area contributed by atoms with E-state index in [-0.39, 0.29) is 36.2 Å². The molecule has 0 aliphatic rings. The van der Waals surface area contributed by atoms with Crippen LogP contribution in [0.25, 0.3) is 0 Å². The minimum absolute atomic E-state index is 0.0417. The number of benzene rings is 2. The van der Waals surface area contributed by atoms with Gasteiger partial charge in [-0.15, -0.1) is 0 Å². The Labute approximate surface area is 152 Å².